The summed E-state index contributed by atoms with van der Waals surface area (Å²) in [5.74, 6) is -1.73. The Labute approximate surface area is 127 Å². The van der Waals surface area contributed by atoms with Crippen LogP contribution in [0.1, 0.15) is 68.2 Å². The van der Waals surface area contributed by atoms with Crippen LogP contribution in [0, 0.1) is 10.8 Å². The van der Waals surface area contributed by atoms with Crippen molar-refractivity contribution in [2.24, 2.45) is 10.8 Å². The maximum absolute atomic E-state index is 12.4. The van der Waals surface area contributed by atoms with E-state index in [0.717, 1.165) is 0 Å². The lowest BCUT2D eigenvalue weighted by molar-refractivity contribution is -0.316. The highest BCUT2D eigenvalue weighted by molar-refractivity contribution is 5.85. The number of amides is 1. The highest BCUT2D eigenvalue weighted by atomic mass is 16.8. The molecule has 1 aliphatic heterocycles. The summed E-state index contributed by atoms with van der Waals surface area (Å²) in [5.41, 5.74) is -1.89. The molecule has 1 amide bonds. The Morgan fingerprint density at radius 1 is 1.19 bits per heavy atom. The summed E-state index contributed by atoms with van der Waals surface area (Å²) < 4.78 is 0. The minimum absolute atomic E-state index is 0.0398. The molecule has 21 heavy (non-hydrogen) atoms. The third kappa shape index (κ3) is 3.46. The molecule has 1 saturated heterocycles. The van der Waals surface area contributed by atoms with Crippen LogP contribution in [-0.4, -0.2) is 33.2 Å². The van der Waals surface area contributed by atoms with E-state index in [0.29, 0.717) is 0 Å². The van der Waals surface area contributed by atoms with Gasteiger partial charge in [-0.2, -0.15) is 0 Å². The second-order valence-electron chi connectivity index (χ2n) is 8.46. The molecule has 0 bridgehead atoms. The number of carbonyl (C=O) groups is 2. The Balaban J connectivity index is 3.14. The number of aliphatic hydroxyl groups is 1. The maximum atomic E-state index is 12.4. The summed E-state index contributed by atoms with van der Waals surface area (Å²) >= 11 is 0. The number of hydrogen-bond donors (Lipinski definition) is 1. The molecule has 0 spiro atoms. The molecule has 5 nitrogen and oxygen atoms in total. The van der Waals surface area contributed by atoms with Gasteiger partial charge < -0.3 is 5.11 Å². The van der Waals surface area contributed by atoms with Gasteiger partial charge in [-0.1, -0.05) is 41.5 Å². The average Bonchev–Trinajstić information content (AvgIpc) is 2.49. The average molecular weight is 299 g/mol. The van der Waals surface area contributed by atoms with E-state index in [4.69, 9.17) is 4.84 Å². The molecule has 0 aromatic heterocycles. The summed E-state index contributed by atoms with van der Waals surface area (Å²) in [6.07, 6.45) is 0.374. The molecule has 0 aliphatic carbocycles. The Kier molecular flexibility index (Phi) is 4.36. The standard InChI is InChI=1S/C16H29NO4/c1-11(18)17-15(8,9-12(19)13(2,3)4)10-16(20,21-17)14(5,6)7/h20H,9-10H2,1-8H3/t15-,16+/m1/s1. The second kappa shape index (κ2) is 5.06. The largest absolute Gasteiger partial charge is 0.363 e. The minimum Gasteiger partial charge on any atom is -0.363 e. The molecule has 122 valence electrons. The van der Waals surface area contributed by atoms with Crippen molar-refractivity contribution in [1.29, 1.82) is 0 Å². The Morgan fingerprint density at radius 3 is 2.00 bits per heavy atom. The molecule has 1 fully saturated rings. The fourth-order valence-corrected chi connectivity index (χ4v) is 2.47. The molecule has 5 heteroatoms. The fourth-order valence-electron chi connectivity index (χ4n) is 2.47. The fraction of sp³-hybridized carbons (Fsp3) is 0.875. The Morgan fingerprint density at radius 2 is 1.67 bits per heavy atom. The van der Waals surface area contributed by atoms with Crippen molar-refractivity contribution >= 4 is 11.7 Å². The normalized spacial score (nSPS) is 30.6. The van der Waals surface area contributed by atoms with Crippen LogP contribution in [0.2, 0.25) is 0 Å². The van der Waals surface area contributed by atoms with Gasteiger partial charge in [-0.15, -0.1) is 0 Å². The molecule has 0 radical (unpaired) electrons. The lowest BCUT2D eigenvalue weighted by Gasteiger charge is -2.34. The van der Waals surface area contributed by atoms with E-state index in [-0.39, 0.29) is 24.5 Å². The van der Waals surface area contributed by atoms with Gasteiger partial charge in [0.25, 0.3) is 0 Å². The number of hydroxylamine groups is 2. The molecule has 1 rings (SSSR count). The van der Waals surface area contributed by atoms with Gasteiger partial charge in [0, 0.05) is 30.6 Å². The molecule has 1 N–H and O–H groups in total. The van der Waals surface area contributed by atoms with Crippen molar-refractivity contribution < 1.29 is 19.5 Å². The highest BCUT2D eigenvalue weighted by Gasteiger charge is 2.59. The third-order valence-electron chi connectivity index (χ3n) is 4.19. The first kappa shape index (κ1) is 18.1. The van der Waals surface area contributed by atoms with Crippen LogP contribution in [0.15, 0.2) is 0 Å². The zero-order chi connectivity index (χ0) is 16.9. The molecule has 0 aromatic carbocycles. The van der Waals surface area contributed by atoms with Gasteiger partial charge in [0.05, 0.1) is 5.54 Å². The van der Waals surface area contributed by atoms with Crippen LogP contribution in [0.3, 0.4) is 0 Å². The number of Topliss-reactive ketones (excluding diaryl/α,β-unsaturated/α-hetero) is 1. The molecular formula is C16H29NO4. The van der Waals surface area contributed by atoms with Crippen molar-refractivity contribution in [3.05, 3.63) is 0 Å². The highest BCUT2D eigenvalue weighted by Crippen LogP contribution is 2.48. The van der Waals surface area contributed by atoms with Crippen LogP contribution in [-0.2, 0) is 14.4 Å². The van der Waals surface area contributed by atoms with E-state index in [1.807, 2.05) is 41.5 Å². The predicted molar refractivity (Wildman–Crippen MR) is 80.1 cm³/mol. The van der Waals surface area contributed by atoms with Crippen molar-refractivity contribution in [2.45, 2.75) is 79.6 Å². The van der Waals surface area contributed by atoms with E-state index in [2.05, 4.69) is 0 Å². The van der Waals surface area contributed by atoms with Crippen molar-refractivity contribution in [1.82, 2.24) is 5.06 Å². The molecule has 1 heterocycles. The van der Waals surface area contributed by atoms with E-state index in [9.17, 15) is 14.7 Å². The molecule has 0 unspecified atom stereocenters. The Hall–Kier alpha value is -0.940. The zero-order valence-corrected chi connectivity index (χ0v) is 14.5. The van der Waals surface area contributed by atoms with Gasteiger partial charge >= 0.3 is 0 Å². The topological polar surface area (TPSA) is 66.8 Å². The summed E-state index contributed by atoms with van der Waals surface area (Å²) in [7, 11) is 0. The molecule has 0 saturated carbocycles. The van der Waals surface area contributed by atoms with E-state index < -0.39 is 22.2 Å². The monoisotopic (exact) mass is 299 g/mol. The van der Waals surface area contributed by atoms with Gasteiger partial charge in [0.2, 0.25) is 5.91 Å². The summed E-state index contributed by atoms with van der Waals surface area (Å²) in [6, 6.07) is 0. The van der Waals surface area contributed by atoms with E-state index in [1.165, 1.54) is 12.0 Å². The third-order valence-corrected chi connectivity index (χ3v) is 4.19. The van der Waals surface area contributed by atoms with Crippen molar-refractivity contribution in [2.75, 3.05) is 0 Å². The van der Waals surface area contributed by atoms with Gasteiger partial charge in [-0.05, 0) is 6.92 Å². The quantitative estimate of drug-likeness (QED) is 0.851. The first-order valence-electron chi connectivity index (χ1n) is 7.38. The number of ketones is 1. The first-order chi connectivity index (χ1) is 9.12. The first-order valence-corrected chi connectivity index (χ1v) is 7.38. The zero-order valence-electron chi connectivity index (χ0n) is 14.5. The molecule has 0 aromatic rings. The van der Waals surface area contributed by atoms with Crippen LogP contribution in [0.25, 0.3) is 0 Å². The summed E-state index contributed by atoms with van der Waals surface area (Å²) in [6.45, 7) is 14.3. The van der Waals surface area contributed by atoms with Gasteiger partial charge in [-0.3, -0.25) is 9.59 Å². The van der Waals surface area contributed by atoms with Gasteiger partial charge in [0.1, 0.15) is 5.78 Å². The summed E-state index contributed by atoms with van der Waals surface area (Å²) in [5, 5.41) is 12.0. The van der Waals surface area contributed by atoms with Crippen LogP contribution >= 0.6 is 0 Å². The molecular weight excluding hydrogens is 270 g/mol. The SMILES string of the molecule is CC(=O)N1O[C@](O)(C(C)(C)C)C[C@@]1(C)CC(=O)C(C)(C)C. The molecule has 1 aliphatic rings. The van der Waals surface area contributed by atoms with Crippen LogP contribution in [0.5, 0.6) is 0 Å². The molecule has 2 atom stereocenters. The maximum Gasteiger partial charge on any atom is 0.243 e. The lowest BCUT2D eigenvalue weighted by atomic mass is 9.75. The van der Waals surface area contributed by atoms with Gasteiger partial charge in [-0.25, -0.2) is 9.90 Å². The Bertz CT molecular complexity index is 446. The minimum atomic E-state index is -1.47. The van der Waals surface area contributed by atoms with Crippen molar-refractivity contribution in [3.63, 3.8) is 0 Å². The number of carbonyl (C=O) groups excluding carboxylic acids is 2. The van der Waals surface area contributed by atoms with Crippen molar-refractivity contribution in [3.8, 4) is 0 Å². The smallest absolute Gasteiger partial charge is 0.243 e. The van der Waals surface area contributed by atoms with Crippen LogP contribution < -0.4 is 0 Å². The van der Waals surface area contributed by atoms with E-state index >= 15 is 0 Å². The number of rotatable bonds is 2. The lowest BCUT2D eigenvalue weighted by Crippen LogP contribution is -2.46. The number of hydrogen-bond acceptors (Lipinski definition) is 4. The number of nitrogens with zero attached hydrogens (tertiary/aromatic N) is 1. The van der Waals surface area contributed by atoms with E-state index in [1.54, 1.807) is 6.92 Å². The van der Waals surface area contributed by atoms with Gasteiger partial charge in [0.15, 0.2) is 5.79 Å². The summed E-state index contributed by atoms with van der Waals surface area (Å²) in [4.78, 5) is 29.9. The predicted octanol–water partition coefficient (Wildman–Crippen LogP) is 2.67. The second-order valence-corrected chi connectivity index (χ2v) is 8.46. The van der Waals surface area contributed by atoms with Crippen LogP contribution in [0.4, 0.5) is 0 Å².